The maximum atomic E-state index is 13.4. The molecule has 0 spiro atoms. The minimum atomic E-state index is -0.105. The van der Waals surface area contributed by atoms with Crippen LogP contribution in [0, 0.1) is 11.7 Å². The van der Waals surface area contributed by atoms with E-state index < -0.39 is 0 Å². The molecule has 1 saturated heterocycles. The van der Waals surface area contributed by atoms with Gasteiger partial charge in [0.2, 0.25) is 0 Å². The van der Waals surface area contributed by atoms with Crippen LogP contribution in [-0.2, 0) is 0 Å². The molecule has 3 rings (SSSR count). The van der Waals surface area contributed by atoms with Crippen LogP contribution in [0.4, 0.5) is 4.39 Å². The van der Waals surface area contributed by atoms with E-state index >= 15 is 0 Å². The Hall–Kier alpha value is -0.930. The molecule has 1 heterocycles. The van der Waals surface area contributed by atoms with Crippen molar-refractivity contribution in [1.82, 2.24) is 10.2 Å². The molecule has 0 amide bonds. The maximum absolute atomic E-state index is 13.4. The summed E-state index contributed by atoms with van der Waals surface area (Å²) < 4.78 is 13.4. The lowest BCUT2D eigenvalue weighted by atomic mass is 9.76. The van der Waals surface area contributed by atoms with Crippen molar-refractivity contribution in [2.75, 3.05) is 26.2 Å². The smallest absolute Gasteiger partial charge is 0.123 e. The van der Waals surface area contributed by atoms with E-state index in [-0.39, 0.29) is 5.82 Å². The van der Waals surface area contributed by atoms with E-state index in [1.54, 1.807) is 12.1 Å². The molecular formula is C15H21FN2. The highest BCUT2D eigenvalue weighted by Crippen LogP contribution is 2.41. The van der Waals surface area contributed by atoms with E-state index in [1.807, 2.05) is 6.07 Å². The lowest BCUT2D eigenvalue weighted by Crippen LogP contribution is -2.47. The van der Waals surface area contributed by atoms with Crippen LogP contribution >= 0.6 is 0 Å². The van der Waals surface area contributed by atoms with Crippen molar-refractivity contribution >= 4 is 0 Å². The number of piperazine rings is 1. The molecule has 2 nitrogen and oxygen atoms in total. The van der Waals surface area contributed by atoms with Gasteiger partial charge in [0.05, 0.1) is 0 Å². The molecule has 0 radical (unpaired) electrons. The fraction of sp³-hybridized carbons (Fsp3) is 0.600. The molecule has 2 aliphatic rings. The van der Waals surface area contributed by atoms with E-state index in [9.17, 15) is 4.39 Å². The van der Waals surface area contributed by atoms with Crippen molar-refractivity contribution in [3.05, 3.63) is 35.6 Å². The van der Waals surface area contributed by atoms with Crippen LogP contribution in [0.2, 0.25) is 0 Å². The third-order valence-corrected chi connectivity index (χ3v) is 4.33. The van der Waals surface area contributed by atoms with Gasteiger partial charge in [0.25, 0.3) is 0 Å². The predicted molar refractivity (Wildman–Crippen MR) is 70.9 cm³/mol. The van der Waals surface area contributed by atoms with Gasteiger partial charge in [-0.05, 0) is 36.5 Å². The average molecular weight is 248 g/mol. The van der Waals surface area contributed by atoms with Crippen LogP contribution in [0.5, 0.6) is 0 Å². The molecule has 18 heavy (non-hydrogen) atoms. The molecule has 1 aromatic rings. The van der Waals surface area contributed by atoms with Crippen molar-refractivity contribution in [1.29, 1.82) is 0 Å². The number of hydrogen-bond acceptors (Lipinski definition) is 2. The number of nitrogens with zero attached hydrogens (tertiary/aromatic N) is 1. The lowest BCUT2D eigenvalue weighted by molar-refractivity contribution is 0.0835. The minimum Gasteiger partial charge on any atom is -0.314 e. The largest absolute Gasteiger partial charge is 0.314 e. The highest BCUT2D eigenvalue weighted by molar-refractivity contribution is 5.22. The van der Waals surface area contributed by atoms with E-state index in [2.05, 4.69) is 16.3 Å². The average Bonchev–Trinajstić information content (AvgIpc) is 2.34. The molecule has 1 saturated carbocycles. The predicted octanol–water partition coefficient (Wildman–Crippen LogP) is 2.57. The Morgan fingerprint density at radius 2 is 2.00 bits per heavy atom. The molecule has 0 bridgehead atoms. The van der Waals surface area contributed by atoms with Crippen molar-refractivity contribution in [3.63, 3.8) is 0 Å². The molecule has 98 valence electrons. The monoisotopic (exact) mass is 248 g/mol. The quantitative estimate of drug-likeness (QED) is 0.884. The summed E-state index contributed by atoms with van der Waals surface area (Å²) in [6.45, 7) is 4.27. The summed E-state index contributed by atoms with van der Waals surface area (Å²) in [4.78, 5) is 2.54. The van der Waals surface area contributed by atoms with Crippen molar-refractivity contribution in [2.45, 2.75) is 25.3 Å². The Bertz CT molecular complexity index is 397. The van der Waals surface area contributed by atoms with Crippen LogP contribution < -0.4 is 5.32 Å². The van der Waals surface area contributed by atoms with Gasteiger partial charge in [-0.3, -0.25) is 4.90 Å². The summed E-state index contributed by atoms with van der Waals surface area (Å²) in [7, 11) is 0. The Morgan fingerprint density at radius 1 is 1.22 bits per heavy atom. The molecule has 1 N–H and O–H groups in total. The normalized spacial score (nSPS) is 23.6. The lowest BCUT2D eigenvalue weighted by Gasteiger charge is -2.43. The van der Waals surface area contributed by atoms with Crippen molar-refractivity contribution in [3.8, 4) is 0 Å². The molecule has 0 aromatic heterocycles. The number of halogens is 1. The van der Waals surface area contributed by atoms with Crippen LogP contribution in [0.1, 0.15) is 30.9 Å². The summed E-state index contributed by atoms with van der Waals surface area (Å²) in [5, 5.41) is 3.39. The molecule has 2 fully saturated rings. The van der Waals surface area contributed by atoms with Crippen LogP contribution in [0.25, 0.3) is 0 Å². The first-order valence-corrected chi connectivity index (χ1v) is 7.05. The molecule has 1 aliphatic carbocycles. The second kappa shape index (κ2) is 5.37. The molecule has 3 heteroatoms. The first-order chi connectivity index (χ1) is 8.84. The number of hydrogen-bond donors (Lipinski definition) is 1. The van der Waals surface area contributed by atoms with Gasteiger partial charge in [0.15, 0.2) is 0 Å². The van der Waals surface area contributed by atoms with E-state index in [1.165, 1.54) is 24.8 Å². The van der Waals surface area contributed by atoms with Crippen LogP contribution in [0.3, 0.4) is 0 Å². The topological polar surface area (TPSA) is 15.3 Å². The zero-order valence-electron chi connectivity index (χ0n) is 10.7. The minimum absolute atomic E-state index is 0.105. The van der Waals surface area contributed by atoms with Gasteiger partial charge in [0.1, 0.15) is 5.82 Å². The SMILES string of the molecule is Fc1cccc([C@H](C2CCC2)N2CCNCC2)c1. The second-order valence-electron chi connectivity index (χ2n) is 5.48. The Kier molecular flexibility index (Phi) is 3.62. The first-order valence-electron chi connectivity index (χ1n) is 7.05. The Morgan fingerprint density at radius 3 is 2.61 bits per heavy atom. The maximum Gasteiger partial charge on any atom is 0.123 e. The summed E-state index contributed by atoms with van der Waals surface area (Å²) in [5.74, 6) is 0.622. The summed E-state index contributed by atoms with van der Waals surface area (Å²) in [5.41, 5.74) is 1.17. The Labute approximate surface area is 108 Å². The summed E-state index contributed by atoms with van der Waals surface area (Å²) >= 11 is 0. The molecule has 1 aromatic carbocycles. The highest BCUT2D eigenvalue weighted by atomic mass is 19.1. The second-order valence-corrected chi connectivity index (χ2v) is 5.48. The molecule has 1 atom stereocenters. The number of rotatable bonds is 3. The fourth-order valence-electron chi connectivity index (χ4n) is 3.19. The molecule has 0 unspecified atom stereocenters. The zero-order chi connectivity index (χ0) is 12.4. The molecule has 1 aliphatic heterocycles. The van der Waals surface area contributed by atoms with E-state index in [4.69, 9.17) is 0 Å². The Balaban J connectivity index is 1.84. The first kappa shape index (κ1) is 12.1. The van der Waals surface area contributed by atoms with E-state index in [0.29, 0.717) is 6.04 Å². The fourth-order valence-corrected chi connectivity index (χ4v) is 3.19. The van der Waals surface area contributed by atoms with E-state index in [0.717, 1.165) is 32.1 Å². The van der Waals surface area contributed by atoms with Gasteiger partial charge >= 0.3 is 0 Å². The van der Waals surface area contributed by atoms with Gasteiger partial charge in [-0.15, -0.1) is 0 Å². The molecular weight excluding hydrogens is 227 g/mol. The number of nitrogens with one attached hydrogen (secondary N) is 1. The van der Waals surface area contributed by atoms with Gasteiger partial charge in [-0.1, -0.05) is 18.6 Å². The van der Waals surface area contributed by atoms with Crippen LogP contribution in [0.15, 0.2) is 24.3 Å². The van der Waals surface area contributed by atoms with Gasteiger partial charge in [-0.25, -0.2) is 4.39 Å². The standard InChI is InChI=1S/C15H21FN2/c16-14-6-2-5-13(11-14)15(12-3-1-4-12)18-9-7-17-8-10-18/h2,5-6,11-12,15,17H,1,3-4,7-10H2/t15-/m0/s1. The van der Waals surface area contributed by atoms with Crippen molar-refractivity contribution in [2.24, 2.45) is 5.92 Å². The third-order valence-electron chi connectivity index (χ3n) is 4.33. The number of benzene rings is 1. The zero-order valence-corrected chi connectivity index (χ0v) is 10.7. The van der Waals surface area contributed by atoms with Gasteiger partial charge < -0.3 is 5.32 Å². The van der Waals surface area contributed by atoms with Gasteiger partial charge in [-0.2, -0.15) is 0 Å². The van der Waals surface area contributed by atoms with Gasteiger partial charge in [0, 0.05) is 32.2 Å². The highest BCUT2D eigenvalue weighted by Gasteiger charge is 2.33. The van der Waals surface area contributed by atoms with Crippen LogP contribution in [-0.4, -0.2) is 31.1 Å². The van der Waals surface area contributed by atoms with Crippen molar-refractivity contribution < 1.29 is 4.39 Å². The summed E-state index contributed by atoms with van der Waals surface area (Å²) in [6, 6.07) is 7.63. The third kappa shape index (κ3) is 2.43. The summed E-state index contributed by atoms with van der Waals surface area (Å²) in [6.07, 6.45) is 3.93.